The first-order chi connectivity index (χ1) is 9.69. The third kappa shape index (κ3) is 4.19. The van der Waals surface area contributed by atoms with Gasteiger partial charge >= 0.3 is 5.97 Å². The molecule has 2 nitrogen and oxygen atoms in total. The summed E-state index contributed by atoms with van der Waals surface area (Å²) in [5.74, 6) is 0.484. The van der Waals surface area contributed by atoms with Crippen molar-refractivity contribution >= 4 is 12.0 Å². The summed E-state index contributed by atoms with van der Waals surface area (Å²) in [6.45, 7) is 2.28. The fourth-order valence-corrected chi connectivity index (χ4v) is 2.81. The molecule has 1 aliphatic rings. The van der Waals surface area contributed by atoms with Gasteiger partial charge in [0, 0.05) is 6.42 Å². The molecule has 108 valence electrons. The van der Waals surface area contributed by atoms with Crippen molar-refractivity contribution in [3.8, 4) is 0 Å². The smallest absolute Gasteiger partial charge is 0.306 e. The van der Waals surface area contributed by atoms with Crippen LogP contribution in [0.15, 0.2) is 30.3 Å². The summed E-state index contributed by atoms with van der Waals surface area (Å²) < 4.78 is 17.9. The molecule has 2 rings (SSSR count). The Hall–Kier alpha value is -1.64. The van der Waals surface area contributed by atoms with E-state index in [1.165, 1.54) is 12.1 Å². The van der Waals surface area contributed by atoms with Gasteiger partial charge in [-0.2, -0.15) is 0 Å². The molecule has 1 aromatic carbocycles. The van der Waals surface area contributed by atoms with Crippen LogP contribution in [0.25, 0.3) is 6.08 Å². The quantitative estimate of drug-likeness (QED) is 0.753. The van der Waals surface area contributed by atoms with Crippen LogP contribution in [-0.4, -0.2) is 12.6 Å². The van der Waals surface area contributed by atoms with Crippen molar-refractivity contribution in [3.05, 3.63) is 41.7 Å². The lowest BCUT2D eigenvalue weighted by molar-refractivity contribution is -0.144. The maximum atomic E-state index is 12.8. The molecule has 0 bridgehead atoms. The lowest BCUT2D eigenvalue weighted by atomic mass is 9.92. The number of benzene rings is 1. The summed E-state index contributed by atoms with van der Waals surface area (Å²) in [6, 6.07) is 6.46. The third-order valence-corrected chi connectivity index (χ3v) is 3.86. The second kappa shape index (κ2) is 7.22. The van der Waals surface area contributed by atoms with Crippen molar-refractivity contribution in [2.45, 2.75) is 32.6 Å². The molecular weight excluding hydrogens is 255 g/mol. The van der Waals surface area contributed by atoms with Gasteiger partial charge in [0.15, 0.2) is 0 Å². The molecule has 1 fully saturated rings. The molecule has 1 aliphatic carbocycles. The second-order valence-corrected chi connectivity index (χ2v) is 5.27. The van der Waals surface area contributed by atoms with Crippen molar-refractivity contribution < 1.29 is 13.9 Å². The fourth-order valence-electron chi connectivity index (χ4n) is 2.81. The zero-order valence-electron chi connectivity index (χ0n) is 11.8. The molecule has 1 unspecified atom stereocenters. The highest BCUT2D eigenvalue weighted by molar-refractivity contribution is 5.69. The van der Waals surface area contributed by atoms with Crippen molar-refractivity contribution in [3.63, 3.8) is 0 Å². The number of hydrogen-bond acceptors (Lipinski definition) is 2. The number of hydrogen-bond donors (Lipinski definition) is 0. The van der Waals surface area contributed by atoms with Crippen LogP contribution in [0.4, 0.5) is 4.39 Å². The highest BCUT2D eigenvalue weighted by Crippen LogP contribution is 2.35. The van der Waals surface area contributed by atoms with Crippen LogP contribution >= 0.6 is 0 Å². The van der Waals surface area contributed by atoms with Crippen LogP contribution in [0, 0.1) is 17.7 Å². The monoisotopic (exact) mass is 276 g/mol. The van der Waals surface area contributed by atoms with E-state index in [4.69, 9.17) is 4.74 Å². The van der Waals surface area contributed by atoms with Gasteiger partial charge in [-0.3, -0.25) is 4.79 Å². The van der Waals surface area contributed by atoms with Crippen LogP contribution in [-0.2, 0) is 9.53 Å². The van der Waals surface area contributed by atoms with Gasteiger partial charge in [-0.25, -0.2) is 4.39 Å². The van der Waals surface area contributed by atoms with E-state index in [-0.39, 0.29) is 11.8 Å². The van der Waals surface area contributed by atoms with Gasteiger partial charge in [0.25, 0.3) is 0 Å². The van der Waals surface area contributed by atoms with Crippen molar-refractivity contribution in [2.24, 2.45) is 11.8 Å². The highest BCUT2D eigenvalue weighted by Gasteiger charge is 2.27. The Morgan fingerprint density at radius 1 is 1.35 bits per heavy atom. The van der Waals surface area contributed by atoms with Crippen LogP contribution in [0.2, 0.25) is 0 Å². The molecular formula is C17H21FO2. The van der Waals surface area contributed by atoms with Crippen LogP contribution in [0.3, 0.4) is 0 Å². The number of allylic oxidation sites excluding steroid dienone is 1. The minimum atomic E-state index is -0.219. The zero-order valence-corrected chi connectivity index (χ0v) is 11.8. The van der Waals surface area contributed by atoms with Crippen molar-refractivity contribution in [1.29, 1.82) is 0 Å². The third-order valence-electron chi connectivity index (χ3n) is 3.86. The van der Waals surface area contributed by atoms with Gasteiger partial charge in [0.1, 0.15) is 5.82 Å². The molecule has 0 radical (unpaired) electrons. The lowest BCUT2D eigenvalue weighted by Crippen LogP contribution is -2.14. The summed E-state index contributed by atoms with van der Waals surface area (Å²) in [5.41, 5.74) is 0.994. The molecule has 1 saturated carbocycles. The summed E-state index contributed by atoms with van der Waals surface area (Å²) in [7, 11) is 0. The van der Waals surface area contributed by atoms with Gasteiger partial charge in [0.05, 0.1) is 6.61 Å². The number of esters is 1. The highest BCUT2D eigenvalue weighted by atomic mass is 19.1. The summed E-state index contributed by atoms with van der Waals surface area (Å²) in [4.78, 5) is 11.6. The van der Waals surface area contributed by atoms with Gasteiger partial charge in [-0.1, -0.05) is 30.7 Å². The van der Waals surface area contributed by atoms with Gasteiger partial charge < -0.3 is 4.74 Å². The van der Waals surface area contributed by atoms with Crippen molar-refractivity contribution in [2.75, 3.05) is 6.61 Å². The number of carbonyl (C=O) groups excluding carboxylic acids is 1. The normalized spacial score (nSPS) is 22.3. The fraction of sp³-hybridized carbons (Fsp3) is 0.471. The van der Waals surface area contributed by atoms with E-state index in [0.717, 1.165) is 24.8 Å². The predicted molar refractivity (Wildman–Crippen MR) is 77.5 cm³/mol. The van der Waals surface area contributed by atoms with Crippen LogP contribution in [0.5, 0.6) is 0 Å². The van der Waals surface area contributed by atoms with Gasteiger partial charge in [-0.05, 0) is 49.3 Å². The predicted octanol–water partition coefficient (Wildman–Crippen LogP) is 4.21. The summed E-state index contributed by atoms with van der Waals surface area (Å²) in [5, 5.41) is 0. The van der Waals surface area contributed by atoms with E-state index in [9.17, 15) is 9.18 Å². The van der Waals surface area contributed by atoms with Gasteiger partial charge in [0.2, 0.25) is 0 Å². The maximum Gasteiger partial charge on any atom is 0.306 e. The number of rotatable bonds is 5. The van der Waals surface area contributed by atoms with Crippen LogP contribution < -0.4 is 0 Å². The molecule has 0 aromatic heterocycles. The first-order valence-electron chi connectivity index (χ1n) is 7.28. The molecule has 0 spiro atoms. The van der Waals surface area contributed by atoms with E-state index < -0.39 is 0 Å². The lowest BCUT2D eigenvalue weighted by Gasteiger charge is -2.15. The molecule has 2 atom stereocenters. The van der Waals surface area contributed by atoms with E-state index in [2.05, 4.69) is 6.08 Å². The first-order valence-corrected chi connectivity index (χ1v) is 7.28. The SMILES string of the molecule is CCOC(=O)C[C@H]1CCCC1/C=C/c1ccc(F)cc1. The standard InChI is InChI=1S/C17H21FO2/c1-2-20-17(19)12-15-5-3-4-14(15)9-6-13-7-10-16(18)11-8-13/h6-11,14-15H,2-5,12H2,1H3/b9-6+/t14?,15-/m1/s1. The molecule has 0 amide bonds. The topological polar surface area (TPSA) is 26.3 Å². The Balaban J connectivity index is 1.93. The summed E-state index contributed by atoms with van der Waals surface area (Å²) >= 11 is 0. The molecule has 0 N–H and O–H groups in total. The molecule has 0 aliphatic heterocycles. The minimum Gasteiger partial charge on any atom is -0.466 e. The average molecular weight is 276 g/mol. The summed E-state index contributed by atoms with van der Waals surface area (Å²) in [6.07, 6.45) is 8.03. The molecule has 20 heavy (non-hydrogen) atoms. The first kappa shape index (κ1) is 14.8. The Bertz CT molecular complexity index is 464. The van der Waals surface area contributed by atoms with E-state index >= 15 is 0 Å². The van der Waals surface area contributed by atoms with Gasteiger partial charge in [-0.15, -0.1) is 0 Å². The maximum absolute atomic E-state index is 12.8. The number of halogens is 1. The molecule has 0 heterocycles. The Morgan fingerprint density at radius 2 is 2.10 bits per heavy atom. The van der Waals surface area contributed by atoms with Crippen LogP contribution in [0.1, 0.15) is 38.2 Å². The number of ether oxygens (including phenoxy) is 1. The Morgan fingerprint density at radius 3 is 2.80 bits per heavy atom. The average Bonchev–Trinajstić information content (AvgIpc) is 2.86. The minimum absolute atomic E-state index is 0.0976. The largest absolute Gasteiger partial charge is 0.466 e. The second-order valence-electron chi connectivity index (χ2n) is 5.27. The Kier molecular flexibility index (Phi) is 5.33. The molecule has 0 saturated heterocycles. The van der Waals surface area contributed by atoms with Crippen molar-refractivity contribution in [1.82, 2.24) is 0 Å². The van der Waals surface area contributed by atoms with E-state index in [0.29, 0.717) is 24.9 Å². The number of carbonyl (C=O) groups is 1. The molecule has 1 aromatic rings. The van der Waals surface area contributed by atoms with E-state index in [1.54, 1.807) is 12.1 Å². The zero-order chi connectivity index (χ0) is 14.4. The Labute approximate surface area is 119 Å². The molecule has 3 heteroatoms. The van der Waals surface area contributed by atoms with E-state index in [1.807, 2.05) is 13.0 Å².